The van der Waals surface area contributed by atoms with Crippen LogP contribution in [0.15, 0.2) is 29.2 Å². The first-order chi connectivity index (χ1) is 13.2. The average Bonchev–Trinajstić information content (AvgIpc) is 2.68. The van der Waals surface area contributed by atoms with Crippen LogP contribution < -0.4 is 9.04 Å². The molecule has 154 valence electrons. The lowest BCUT2D eigenvalue weighted by molar-refractivity contribution is 0.285. The Morgan fingerprint density at radius 1 is 0.893 bits per heavy atom. The smallest absolute Gasteiger partial charge is 0.270 e. The van der Waals surface area contributed by atoms with E-state index in [4.69, 9.17) is 9.84 Å². The molecule has 0 saturated heterocycles. The highest BCUT2D eigenvalue weighted by atomic mass is 32.2. The topological polar surface area (TPSA) is 66.8 Å². The second kappa shape index (κ2) is 8.74. The largest absolute Gasteiger partial charge is 0.497 e. The maximum atomic E-state index is 14.1. The van der Waals surface area contributed by atoms with Crippen LogP contribution in [0.25, 0.3) is 0 Å². The number of ether oxygens (including phenoxy) is 1. The molecule has 0 aliphatic heterocycles. The number of benzene rings is 2. The Hall–Kier alpha value is -2.40. The quantitative estimate of drug-likeness (QED) is 0.305. The van der Waals surface area contributed by atoms with Crippen molar-refractivity contribution in [1.29, 1.82) is 0 Å². The molecule has 0 bridgehead atoms. The molecule has 2 rings (SSSR count). The van der Waals surface area contributed by atoms with Gasteiger partial charge in [-0.2, -0.15) is 0 Å². The Kier molecular flexibility index (Phi) is 6.83. The van der Waals surface area contributed by atoms with Crippen molar-refractivity contribution in [2.24, 2.45) is 0 Å². The van der Waals surface area contributed by atoms with E-state index in [0.29, 0.717) is 10.1 Å². The third-order valence-corrected chi connectivity index (χ3v) is 5.70. The van der Waals surface area contributed by atoms with Crippen LogP contribution in [-0.4, -0.2) is 33.8 Å². The van der Waals surface area contributed by atoms with Crippen molar-refractivity contribution in [2.45, 2.75) is 17.7 Å². The molecule has 0 unspecified atom stereocenters. The van der Waals surface area contributed by atoms with E-state index in [0.717, 1.165) is 0 Å². The van der Waals surface area contributed by atoms with Crippen LogP contribution >= 0.6 is 0 Å². The molecule has 11 heteroatoms. The molecule has 0 amide bonds. The molecule has 28 heavy (non-hydrogen) atoms. The van der Waals surface area contributed by atoms with Crippen molar-refractivity contribution in [3.05, 3.63) is 53.4 Å². The number of hydrogen-bond donors (Lipinski definition) is 1. The van der Waals surface area contributed by atoms with E-state index in [1.165, 1.54) is 31.4 Å². The SMILES string of the molecule is COc1ccc(N(CCCCO)S(=O)(=O)c2c(F)c(F)c(F)c(F)c2F)cc1. The Labute approximate surface area is 158 Å². The molecule has 0 saturated carbocycles. The number of nitrogens with zero attached hydrogens (tertiary/aromatic N) is 1. The van der Waals surface area contributed by atoms with Gasteiger partial charge in [0.25, 0.3) is 10.0 Å². The van der Waals surface area contributed by atoms with Gasteiger partial charge in [0.2, 0.25) is 5.82 Å². The van der Waals surface area contributed by atoms with E-state index in [1.807, 2.05) is 0 Å². The van der Waals surface area contributed by atoms with Crippen molar-refractivity contribution < 1.29 is 40.2 Å². The highest BCUT2D eigenvalue weighted by Gasteiger charge is 2.37. The molecule has 0 aliphatic rings. The first-order valence-electron chi connectivity index (χ1n) is 7.95. The molecule has 1 N–H and O–H groups in total. The second-order valence-corrected chi connectivity index (χ2v) is 7.40. The molecule has 0 heterocycles. The zero-order valence-electron chi connectivity index (χ0n) is 14.6. The number of methoxy groups -OCH3 is 1. The van der Waals surface area contributed by atoms with Crippen LogP contribution in [0.4, 0.5) is 27.6 Å². The normalized spacial score (nSPS) is 11.5. The van der Waals surface area contributed by atoms with Gasteiger partial charge in [-0.05, 0) is 37.1 Å². The lowest BCUT2D eigenvalue weighted by atomic mass is 10.2. The molecule has 0 aromatic heterocycles. The van der Waals surface area contributed by atoms with Gasteiger partial charge in [0, 0.05) is 13.2 Å². The van der Waals surface area contributed by atoms with Gasteiger partial charge < -0.3 is 9.84 Å². The van der Waals surface area contributed by atoms with Crippen LogP contribution in [0, 0.1) is 29.1 Å². The molecule has 0 spiro atoms. The van der Waals surface area contributed by atoms with Gasteiger partial charge in [-0.25, -0.2) is 30.4 Å². The lowest BCUT2D eigenvalue weighted by Gasteiger charge is -2.25. The van der Waals surface area contributed by atoms with Gasteiger partial charge in [-0.1, -0.05) is 0 Å². The number of aliphatic hydroxyl groups is 1. The van der Waals surface area contributed by atoms with Crippen LogP contribution in [0.1, 0.15) is 12.8 Å². The summed E-state index contributed by atoms with van der Waals surface area (Å²) >= 11 is 0. The third-order valence-electron chi connectivity index (χ3n) is 3.85. The number of anilines is 1. The number of rotatable bonds is 8. The van der Waals surface area contributed by atoms with E-state index in [9.17, 15) is 30.4 Å². The highest BCUT2D eigenvalue weighted by Crippen LogP contribution is 2.32. The van der Waals surface area contributed by atoms with E-state index in [1.54, 1.807) is 0 Å². The zero-order valence-corrected chi connectivity index (χ0v) is 15.4. The zero-order chi connectivity index (χ0) is 21.1. The first kappa shape index (κ1) is 21.9. The molecule has 2 aromatic rings. The minimum Gasteiger partial charge on any atom is -0.497 e. The van der Waals surface area contributed by atoms with E-state index in [-0.39, 0.29) is 31.7 Å². The van der Waals surface area contributed by atoms with Crippen LogP contribution in [0.5, 0.6) is 5.75 Å². The average molecular weight is 425 g/mol. The van der Waals surface area contributed by atoms with E-state index in [2.05, 4.69) is 0 Å². The highest BCUT2D eigenvalue weighted by molar-refractivity contribution is 7.92. The third kappa shape index (κ3) is 4.04. The second-order valence-electron chi connectivity index (χ2n) is 5.60. The Morgan fingerprint density at radius 2 is 1.39 bits per heavy atom. The fourth-order valence-corrected chi connectivity index (χ4v) is 4.05. The summed E-state index contributed by atoms with van der Waals surface area (Å²) in [6.45, 7) is -0.645. The monoisotopic (exact) mass is 425 g/mol. The number of hydrogen-bond acceptors (Lipinski definition) is 4. The number of sulfonamides is 1. The molecule has 0 fully saturated rings. The molecule has 0 aliphatic carbocycles. The Balaban J connectivity index is 2.64. The van der Waals surface area contributed by atoms with Gasteiger partial charge in [0.15, 0.2) is 28.2 Å². The summed E-state index contributed by atoms with van der Waals surface area (Å²) < 4.78 is 99.6. The van der Waals surface area contributed by atoms with Crippen molar-refractivity contribution in [3.8, 4) is 5.75 Å². The molecular formula is C17H16F5NO4S. The molecular weight excluding hydrogens is 409 g/mol. The van der Waals surface area contributed by atoms with Crippen molar-refractivity contribution in [1.82, 2.24) is 0 Å². The predicted molar refractivity (Wildman–Crippen MR) is 90.1 cm³/mol. The summed E-state index contributed by atoms with van der Waals surface area (Å²) in [7, 11) is -3.80. The van der Waals surface area contributed by atoms with E-state index >= 15 is 0 Å². The molecule has 0 atom stereocenters. The van der Waals surface area contributed by atoms with Gasteiger partial charge in [0.1, 0.15) is 5.75 Å². The summed E-state index contributed by atoms with van der Waals surface area (Å²) in [5.41, 5.74) is -0.0809. The summed E-state index contributed by atoms with van der Waals surface area (Å²) in [6, 6.07) is 5.23. The molecule has 5 nitrogen and oxygen atoms in total. The van der Waals surface area contributed by atoms with Crippen molar-refractivity contribution in [2.75, 3.05) is 24.6 Å². The van der Waals surface area contributed by atoms with Crippen LogP contribution in [0.2, 0.25) is 0 Å². The van der Waals surface area contributed by atoms with Crippen LogP contribution in [-0.2, 0) is 10.0 Å². The maximum absolute atomic E-state index is 14.1. The fraction of sp³-hybridized carbons (Fsp3) is 0.294. The summed E-state index contributed by atoms with van der Waals surface area (Å²) in [5, 5.41) is 8.88. The molecule has 0 radical (unpaired) electrons. The number of aliphatic hydroxyl groups excluding tert-OH is 1. The molecule has 2 aromatic carbocycles. The number of halogens is 5. The lowest BCUT2D eigenvalue weighted by Crippen LogP contribution is -2.34. The van der Waals surface area contributed by atoms with Gasteiger partial charge in [-0.3, -0.25) is 4.31 Å². The standard InChI is InChI=1S/C17H16F5NO4S/c1-27-11-6-4-10(5-7-11)23(8-2-3-9-24)28(25,26)17-15(21)13(19)12(18)14(20)16(17)22/h4-7,24H,2-3,8-9H2,1H3. The van der Waals surface area contributed by atoms with Gasteiger partial charge in [0.05, 0.1) is 12.8 Å². The van der Waals surface area contributed by atoms with Gasteiger partial charge >= 0.3 is 0 Å². The van der Waals surface area contributed by atoms with Crippen molar-refractivity contribution >= 4 is 15.7 Å². The summed E-state index contributed by atoms with van der Waals surface area (Å²) in [5.74, 6) is -11.7. The van der Waals surface area contributed by atoms with Crippen LogP contribution in [0.3, 0.4) is 0 Å². The number of unbranched alkanes of at least 4 members (excludes halogenated alkanes) is 1. The summed E-state index contributed by atoms with van der Waals surface area (Å²) in [6.07, 6.45) is 0.219. The Morgan fingerprint density at radius 3 is 1.86 bits per heavy atom. The maximum Gasteiger partial charge on any atom is 0.270 e. The first-order valence-corrected chi connectivity index (χ1v) is 9.39. The Bertz CT molecular complexity index is 922. The minimum absolute atomic E-state index is 0.0666. The van der Waals surface area contributed by atoms with Crippen molar-refractivity contribution in [3.63, 3.8) is 0 Å². The van der Waals surface area contributed by atoms with Gasteiger partial charge in [-0.15, -0.1) is 0 Å². The predicted octanol–water partition coefficient (Wildman–Crippen LogP) is 3.36. The fourth-order valence-electron chi connectivity index (χ4n) is 2.43. The van der Waals surface area contributed by atoms with E-state index < -0.39 is 44.0 Å². The summed E-state index contributed by atoms with van der Waals surface area (Å²) in [4.78, 5) is -1.94. The minimum atomic E-state index is -5.16.